The molecule has 0 atom stereocenters. The van der Waals surface area contributed by atoms with Crippen LogP contribution in [0.15, 0.2) is 48.5 Å². The van der Waals surface area contributed by atoms with Gasteiger partial charge in [-0.2, -0.15) is 4.68 Å². The van der Waals surface area contributed by atoms with E-state index in [1.165, 1.54) is 6.07 Å². The van der Waals surface area contributed by atoms with E-state index in [0.29, 0.717) is 43.6 Å². The number of carbonyl (C=O) groups is 1. The first-order valence-corrected chi connectivity index (χ1v) is 9.54. The number of halogens is 2. The van der Waals surface area contributed by atoms with Crippen molar-refractivity contribution in [1.82, 2.24) is 30.0 Å². The maximum absolute atomic E-state index is 13.7. The Kier molecular flexibility index (Phi) is 5.68. The van der Waals surface area contributed by atoms with Crippen LogP contribution in [0.3, 0.4) is 0 Å². The zero-order valence-corrected chi connectivity index (χ0v) is 16.3. The number of hydrogen-bond donors (Lipinski definition) is 1. The van der Waals surface area contributed by atoms with E-state index in [4.69, 9.17) is 11.6 Å². The monoisotopic (exact) mass is 415 g/mol. The van der Waals surface area contributed by atoms with Gasteiger partial charge >= 0.3 is 6.03 Å². The lowest BCUT2D eigenvalue weighted by molar-refractivity contribution is 0.140. The largest absolute Gasteiger partial charge is 0.322 e. The van der Waals surface area contributed by atoms with Gasteiger partial charge in [0.05, 0.1) is 17.9 Å². The summed E-state index contributed by atoms with van der Waals surface area (Å²) < 4.78 is 15.4. The number of amides is 2. The van der Waals surface area contributed by atoms with Gasteiger partial charge in [0, 0.05) is 31.2 Å². The summed E-state index contributed by atoms with van der Waals surface area (Å²) in [5.41, 5.74) is 1.01. The van der Waals surface area contributed by atoms with Gasteiger partial charge in [0.15, 0.2) is 5.82 Å². The van der Waals surface area contributed by atoms with Gasteiger partial charge in [-0.25, -0.2) is 9.18 Å². The lowest BCUT2D eigenvalue weighted by Crippen LogP contribution is -2.49. The summed E-state index contributed by atoms with van der Waals surface area (Å²) in [4.78, 5) is 16.2. The van der Waals surface area contributed by atoms with Gasteiger partial charge in [0.1, 0.15) is 5.82 Å². The second-order valence-electron chi connectivity index (χ2n) is 6.66. The summed E-state index contributed by atoms with van der Waals surface area (Å²) in [7, 11) is 0. The van der Waals surface area contributed by atoms with E-state index < -0.39 is 5.82 Å². The van der Waals surface area contributed by atoms with Crippen LogP contribution in [0, 0.1) is 5.82 Å². The Balaban J connectivity index is 1.34. The summed E-state index contributed by atoms with van der Waals surface area (Å²) in [6.07, 6.45) is 0. The molecule has 2 amide bonds. The second kappa shape index (κ2) is 8.54. The quantitative estimate of drug-likeness (QED) is 0.708. The van der Waals surface area contributed by atoms with Gasteiger partial charge in [-0.05, 0) is 46.8 Å². The maximum Gasteiger partial charge on any atom is 0.322 e. The van der Waals surface area contributed by atoms with E-state index in [0.717, 1.165) is 5.69 Å². The number of benzene rings is 2. The third-order valence-corrected chi connectivity index (χ3v) is 5.00. The van der Waals surface area contributed by atoms with E-state index in [1.54, 1.807) is 39.9 Å². The minimum Gasteiger partial charge on any atom is -0.322 e. The van der Waals surface area contributed by atoms with Gasteiger partial charge in [-0.15, -0.1) is 5.10 Å². The van der Waals surface area contributed by atoms with Crippen molar-refractivity contribution in [3.8, 4) is 5.69 Å². The number of anilines is 1. The summed E-state index contributed by atoms with van der Waals surface area (Å²) in [6, 6.07) is 13.1. The number of carbonyl (C=O) groups excluding carboxylic acids is 1. The number of nitrogens with one attached hydrogen (secondary N) is 1. The fraction of sp³-hybridized carbons (Fsp3) is 0.263. The van der Waals surface area contributed by atoms with Gasteiger partial charge in [-0.1, -0.05) is 23.7 Å². The van der Waals surface area contributed by atoms with Crippen LogP contribution >= 0.6 is 11.6 Å². The molecule has 150 valence electrons. The Morgan fingerprint density at radius 3 is 2.52 bits per heavy atom. The highest BCUT2D eigenvalue weighted by Gasteiger charge is 2.23. The molecular formula is C19H19ClFN7O. The van der Waals surface area contributed by atoms with Gasteiger partial charge in [0.25, 0.3) is 0 Å². The number of hydrogen-bond acceptors (Lipinski definition) is 5. The standard InChI is InChI=1S/C19H19ClFN7O/c20-14-5-7-15(8-6-14)28-18(23-24-25-28)13-26-9-11-27(12-10-26)19(29)22-17-4-2-1-3-16(17)21/h1-8H,9-13H2,(H,22,29). The first-order valence-electron chi connectivity index (χ1n) is 9.16. The van der Waals surface area contributed by atoms with Crippen LogP contribution in [0.5, 0.6) is 0 Å². The summed E-state index contributed by atoms with van der Waals surface area (Å²) >= 11 is 5.94. The number of tetrazole rings is 1. The molecule has 0 aliphatic carbocycles. The fourth-order valence-electron chi connectivity index (χ4n) is 3.15. The van der Waals surface area contributed by atoms with Crippen LogP contribution in [0.4, 0.5) is 14.9 Å². The van der Waals surface area contributed by atoms with E-state index in [2.05, 4.69) is 25.7 Å². The van der Waals surface area contributed by atoms with Crippen LogP contribution < -0.4 is 5.32 Å². The van der Waals surface area contributed by atoms with Crippen molar-refractivity contribution in [2.75, 3.05) is 31.5 Å². The van der Waals surface area contributed by atoms with Gasteiger partial charge < -0.3 is 10.2 Å². The molecule has 4 rings (SSSR count). The Morgan fingerprint density at radius 2 is 1.79 bits per heavy atom. The molecule has 10 heteroatoms. The highest BCUT2D eigenvalue weighted by Crippen LogP contribution is 2.16. The average molecular weight is 416 g/mol. The molecule has 1 saturated heterocycles. The second-order valence-corrected chi connectivity index (χ2v) is 7.09. The number of para-hydroxylation sites is 1. The summed E-state index contributed by atoms with van der Waals surface area (Å²) in [5, 5.41) is 15.2. The van der Waals surface area contributed by atoms with Crippen molar-refractivity contribution < 1.29 is 9.18 Å². The van der Waals surface area contributed by atoms with Crippen LogP contribution in [-0.2, 0) is 6.54 Å². The molecule has 0 radical (unpaired) electrons. The van der Waals surface area contributed by atoms with E-state index in [-0.39, 0.29) is 11.7 Å². The van der Waals surface area contributed by atoms with Crippen molar-refractivity contribution in [1.29, 1.82) is 0 Å². The van der Waals surface area contributed by atoms with Crippen molar-refractivity contribution in [3.05, 3.63) is 65.2 Å². The van der Waals surface area contributed by atoms with E-state index >= 15 is 0 Å². The third-order valence-electron chi connectivity index (χ3n) is 4.75. The molecule has 0 spiro atoms. The molecule has 0 bridgehead atoms. The van der Waals surface area contributed by atoms with Crippen LogP contribution in [0.2, 0.25) is 5.02 Å². The van der Waals surface area contributed by atoms with Crippen molar-refractivity contribution >= 4 is 23.3 Å². The number of rotatable bonds is 4. The predicted molar refractivity (Wildman–Crippen MR) is 106 cm³/mol. The number of urea groups is 1. The Labute approximate surface area is 171 Å². The average Bonchev–Trinajstić information content (AvgIpc) is 3.19. The van der Waals surface area contributed by atoms with Crippen molar-refractivity contribution in [2.45, 2.75) is 6.54 Å². The zero-order valence-electron chi connectivity index (χ0n) is 15.5. The zero-order chi connectivity index (χ0) is 20.2. The summed E-state index contributed by atoms with van der Waals surface area (Å²) in [5.74, 6) is 0.255. The molecule has 1 aliphatic rings. The molecule has 1 aromatic heterocycles. The molecule has 0 unspecified atom stereocenters. The minimum absolute atomic E-state index is 0.182. The normalized spacial score (nSPS) is 14.8. The lowest BCUT2D eigenvalue weighted by atomic mass is 10.3. The molecule has 1 aliphatic heterocycles. The molecular weight excluding hydrogens is 397 g/mol. The van der Waals surface area contributed by atoms with Crippen LogP contribution in [0.25, 0.3) is 5.69 Å². The lowest BCUT2D eigenvalue weighted by Gasteiger charge is -2.34. The first-order chi connectivity index (χ1) is 14.1. The predicted octanol–water partition coefficient (Wildman–Crippen LogP) is 2.80. The number of piperazine rings is 1. The fourth-order valence-corrected chi connectivity index (χ4v) is 3.28. The number of aromatic nitrogens is 4. The van der Waals surface area contributed by atoms with E-state index in [9.17, 15) is 9.18 Å². The minimum atomic E-state index is -0.450. The molecule has 1 fully saturated rings. The van der Waals surface area contributed by atoms with Crippen LogP contribution in [-0.4, -0.2) is 62.2 Å². The third kappa shape index (κ3) is 4.52. The smallest absolute Gasteiger partial charge is 0.322 e. The van der Waals surface area contributed by atoms with Crippen LogP contribution in [0.1, 0.15) is 5.82 Å². The molecule has 29 heavy (non-hydrogen) atoms. The number of nitrogens with zero attached hydrogens (tertiary/aromatic N) is 6. The molecule has 0 saturated carbocycles. The summed E-state index contributed by atoms with van der Waals surface area (Å²) in [6.45, 7) is 2.94. The SMILES string of the molecule is O=C(Nc1ccccc1F)N1CCN(Cc2nnnn2-c2ccc(Cl)cc2)CC1. The molecule has 3 aromatic rings. The molecule has 2 heterocycles. The Morgan fingerprint density at radius 1 is 1.07 bits per heavy atom. The Hall–Kier alpha value is -3.04. The first kappa shape index (κ1) is 19.3. The topological polar surface area (TPSA) is 79.2 Å². The molecule has 2 aromatic carbocycles. The van der Waals surface area contributed by atoms with Gasteiger partial charge in [-0.3, -0.25) is 4.90 Å². The van der Waals surface area contributed by atoms with Crippen molar-refractivity contribution in [2.24, 2.45) is 0 Å². The van der Waals surface area contributed by atoms with Gasteiger partial charge in [0.2, 0.25) is 0 Å². The highest BCUT2D eigenvalue weighted by atomic mass is 35.5. The van der Waals surface area contributed by atoms with Crippen molar-refractivity contribution in [3.63, 3.8) is 0 Å². The maximum atomic E-state index is 13.7. The highest BCUT2D eigenvalue weighted by molar-refractivity contribution is 6.30. The molecule has 8 nitrogen and oxygen atoms in total. The molecule has 1 N–H and O–H groups in total. The van der Waals surface area contributed by atoms with E-state index in [1.807, 2.05) is 12.1 Å². The Bertz CT molecular complexity index is 986.